The highest BCUT2D eigenvalue weighted by atomic mass is 15.2. The Bertz CT molecular complexity index is 177. The Labute approximate surface area is 88.1 Å². The summed E-state index contributed by atoms with van der Waals surface area (Å²) in [5.41, 5.74) is 0. The highest BCUT2D eigenvalue weighted by Gasteiger charge is 2.30. The average molecular weight is 196 g/mol. The van der Waals surface area contributed by atoms with Crippen LogP contribution in [-0.2, 0) is 0 Å². The van der Waals surface area contributed by atoms with Gasteiger partial charge in [0.25, 0.3) is 0 Å². The average Bonchev–Trinajstić information content (AvgIpc) is 2.97. The zero-order valence-corrected chi connectivity index (χ0v) is 9.63. The number of nitrogens with zero attached hydrogens (tertiary/aromatic N) is 1. The van der Waals surface area contributed by atoms with Crippen molar-refractivity contribution in [1.82, 2.24) is 10.2 Å². The van der Waals surface area contributed by atoms with E-state index in [4.69, 9.17) is 0 Å². The Morgan fingerprint density at radius 1 is 1.29 bits per heavy atom. The summed E-state index contributed by atoms with van der Waals surface area (Å²) in [5.74, 6) is 0.951. The summed E-state index contributed by atoms with van der Waals surface area (Å²) in [7, 11) is 0. The molecule has 0 bridgehead atoms. The van der Waals surface area contributed by atoms with Gasteiger partial charge in [0.05, 0.1) is 0 Å². The maximum Gasteiger partial charge on any atom is 0.00964 e. The molecule has 0 aromatic heterocycles. The van der Waals surface area contributed by atoms with Crippen LogP contribution in [0, 0.1) is 5.92 Å². The summed E-state index contributed by atoms with van der Waals surface area (Å²) in [6.07, 6.45) is 5.67. The fourth-order valence-electron chi connectivity index (χ4n) is 2.71. The van der Waals surface area contributed by atoms with Gasteiger partial charge in [-0.25, -0.2) is 0 Å². The van der Waals surface area contributed by atoms with Gasteiger partial charge in [0.1, 0.15) is 0 Å². The normalized spacial score (nSPS) is 33.6. The Morgan fingerprint density at radius 3 is 2.64 bits per heavy atom. The van der Waals surface area contributed by atoms with Gasteiger partial charge in [-0.1, -0.05) is 6.92 Å². The molecule has 2 atom stereocenters. The van der Waals surface area contributed by atoms with E-state index in [1.54, 1.807) is 0 Å². The standard InChI is InChI=1S/C12H24N2/c1-3-14(12-4-5-12)9-11-6-7-13-10(2)8-11/h10-13H,3-9H2,1-2H3. The second kappa shape index (κ2) is 4.63. The number of rotatable bonds is 4. The van der Waals surface area contributed by atoms with Gasteiger partial charge in [-0.05, 0) is 51.6 Å². The molecular weight excluding hydrogens is 172 g/mol. The number of hydrogen-bond donors (Lipinski definition) is 1. The van der Waals surface area contributed by atoms with E-state index in [2.05, 4.69) is 24.1 Å². The van der Waals surface area contributed by atoms with Gasteiger partial charge < -0.3 is 10.2 Å². The molecule has 2 aliphatic rings. The van der Waals surface area contributed by atoms with Crippen LogP contribution in [-0.4, -0.2) is 36.6 Å². The van der Waals surface area contributed by atoms with Gasteiger partial charge in [0.2, 0.25) is 0 Å². The maximum absolute atomic E-state index is 3.53. The van der Waals surface area contributed by atoms with E-state index >= 15 is 0 Å². The van der Waals surface area contributed by atoms with Crippen molar-refractivity contribution in [3.63, 3.8) is 0 Å². The van der Waals surface area contributed by atoms with Crippen molar-refractivity contribution in [2.45, 2.75) is 51.6 Å². The van der Waals surface area contributed by atoms with Crippen LogP contribution < -0.4 is 5.32 Å². The van der Waals surface area contributed by atoms with Crippen LogP contribution in [0.5, 0.6) is 0 Å². The van der Waals surface area contributed by atoms with Crippen LogP contribution in [0.25, 0.3) is 0 Å². The molecule has 82 valence electrons. The minimum atomic E-state index is 0.742. The second-order valence-electron chi connectivity index (χ2n) is 5.06. The van der Waals surface area contributed by atoms with Gasteiger partial charge in [-0.3, -0.25) is 0 Å². The second-order valence-corrected chi connectivity index (χ2v) is 5.06. The zero-order valence-electron chi connectivity index (χ0n) is 9.63. The van der Waals surface area contributed by atoms with Gasteiger partial charge in [-0.2, -0.15) is 0 Å². The number of nitrogens with one attached hydrogen (secondary N) is 1. The molecule has 0 amide bonds. The number of piperidine rings is 1. The first-order chi connectivity index (χ1) is 6.79. The molecule has 1 aliphatic carbocycles. The van der Waals surface area contributed by atoms with Crippen LogP contribution in [0.15, 0.2) is 0 Å². The van der Waals surface area contributed by atoms with Crippen molar-refractivity contribution in [3.05, 3.63) is 0 Å². The van der Waals surface area contributed by atoms with Crippen LogP contribution in [0.4, 0.5) is 0 Å². The molecular formula is C12H24N2. The Balaban J connectivity index is 1.76. The third kappa shape index (κ3) is 2.71. The SMILES string of the molecule is CCN(CC1CCNC(C)C1)C1CC1. The molecule has 1 saturated heterocycles. The third-order valence-electron chi connectivity index (χ3n) is 3.69. The third-order valence-corrected chi connectivity index (χ3v) is 3.69. The van der Waals surface area contributed by atoms with Gasteiger partial charge in [0.15, 0.2) is 0 Å². The molecule has 2 fully saturated rings. The molecule has 1 saturated carbocycles. The molecule has 0 radical (unpaired) electrons. The lowest BCUT2D eigenvalue weighted by molar-refractivity contribution is 0.191. The van der Waals surface area contributed by atoms with E-state index in [-0.39, 0.29) is 0 Å². The molecule has 2 nitrogen and oxygen atoms in total. The van der Waals surface area contributed by atoms with E-state index in [9.17, 15) is 0 Å². The Hall–Kier alpha value is -0.0800. The van der Waals surface area contributed by atoms with Crippen molar-refractivity contribution in [1.29, 1.82) is 0 Å². The zero-order chi connectivity index (χ0) is 9.97. The molecule has 1 heterocycles. The van der Waals surface area contributed by atoms with Crippen LogP contribution in [0.2, 0.25) is 0 Å². The van der Waals surface area contributed by atoms with Crippen LogP contribution in [0.3, 0.4) is 0 Å². The molecule has 2 heteroatoms. The predicted octanol–water partition coefficient (Wildman–Crippen LogP) is 1.86. The predicted molar refractivity (Wildman–Crippen MR) is 60.5 cm³/mol. The minimum Gasteiger partial charge on any atom is -0.314 e. The van der Waals surface area contributed by atoms with Crippen molar-refractivity contribution in [3.8, 4) is 0 Å². The first-order valence-corrected chi connectivity index (χ1v) is 6.27. The van der Waals surface area contributed by atoms with Gasteiger partial charge in [0, 0.05) is 18.6 Å². The first-order valence-electron chi connectivity index (χ1n) is 6.27. The quantitative estimate of drug-likeness (QED) is 0.738. The largest absolute Gasteiger partial charge is 0.314 e. The summed E-state index contributed by atoms with van der Waals surface area (Å²) in [4.78, 5) is 2.70. The van der Waals surface area contributed by atoms with E-state index in [1.165, 1.54) is 45.3 Å². The van der Waals surface area contributed by atoms with Gasteiger partial charge in [-0.15, -0.1) is 0 Å². The lowest BCUT2D eigenvalue weighted by Gasteiger charge is -2.32. The van der Waals surface area contributed by atoms with E-state index in [0.29, 0.717) is 0 Å². The fourth-order valence-corrected chi connectivity index (χ4v) is 2.71. The monoisotopic (exact) mass is 196 g/mol. The molecule has 2 unspecified atom stereocenters. The Morgan fingerprint density at radius 2 is 2.07 bits per heavy atom. The minimum absolute atomic E-state index is 0.742. The summed E-state index contributed by atoms with van der Waals surface area (Å²) >= 11 is 0. The number of hydrogen-bond acceptors (Lipinski definition) is 2. The van der Waals surface area contributed by atoms with Crippen LogP contribution in [0.1, 0.15) is 39.5 Å². The maximum atomic E-state index is 3.53. The van der Waals surface area contributed by atoms with E-state index in [0.717, 1.165) is 18.0 Å². The lowest BCUT2D eigenvalue weighted by Crippen LogP contribution is -2.41. The highest BCUT2D eigenvalue weighted by molar-refractivity contribution is 4.86. The molecule has 0 spiro atoms. The molecule has 14 heavy (non-hydrogen) atoms. The first kappa shape index (κ1) is 10.4. The summed E-state index contributed by atoms with van der Waals surface area (Å²) in [6, 6.07) is 1.69. The smallest absolute Gasteiger partial charge is 0.00964 e. The Kier molecular flexibility index (Phi) is 3.45. The highest BCUT2D eigenvalue weighted by Crippen LogP contribution is 2.28. The van der Waals surface area contributed by atoms with E-state index < -0.39 is 0 Å². The van der Waals surface area contributed by atoms with Crippen LogP contribution >= 0.6 is 0 Å². The lowest BCUT2D eigenvalue weighted by atomic mass is 9.93. The summed E-state index contributed by atoms with van der Waals surface area (Å²) in [5, 5.41) is 3.53. The van der Waals surface area contributed by atoms with Gasteiger partial charge >= 0.3 is 0 Å². The van der Waals surface area contributed by atoms with E-state index in [1.807, 2.05) is 0 Å². The fraction of sp³-hybridized carbons (Fsp3) is 1.00. The van der Waals surface area contributed by atoms with Crippen molar-refractivity contribution >= 4 is 0 Å². The summed E-state index contributed by atoms with van der Waals surface area (Å²) in [6.45, 7) is 8.46. The molecule has 2 rings (SSSR count). The summed E-state index contributed by atoms with van der Waals surface area (Å²) < 4.78 is 0. The van der Waals surface area contributed by atoms with Crippen molar-refractivity contribution in [2.75, 3.05) is 19.6 Å². The molecule has 0 aromatic rings. The van der Waals surface area contributed by atoms with Crippen molar-refractivity contribution < 1.29 is 0 Å². The topological polar surface area (TPSA) is 15.3 Å². The van der Waals surface area contributed by atoms with Crippen molar-refractivity contribution in [2.24, 2.45) is 5.92 Å². The molecule has 1 N–H and O–H groups in total. The molecule has 1 aliphatic heterocycles. The molecule has 0 aromatic carbocycles.